The Morgan fingerprint density at radius 1 is 0.926 bits per heavy atom. The maximum atomic E-state index is 11.9. The minimum atomic E-state index is -0.199. The monoisotopic (exact) mass is 372 g/mol. The lowest BCUT2D eigenvalue weighted by atomic mass is 10.1. The van der Waals surface area contributed by atoms with Crippen molar-refractivity contribution in [2.75, 3.05) is 27.6 Å². The molecule has 27 heavy (non-hydrogen) atoms. The van der Waals surface area contributed by atoms with Crippen LogP contribution in [0.25, 0.3) is 0 Å². The van der Waals surface area contributed by atoms with E-state index in [0.717, 1.165) is 35.5 Å². The normalized spacial score (nSPS) is 11.9. The van der Waals surface area contributed by atoms with Crippen LogP contribution in [0.3, 0.4) is 0 Å². The maximum Gasteiger partial charge on any atom is 0.306 e. The Morgan fingerprint density at radius 2 is 1.67 bits per heavy atom. The van der Waals surface area contributed by atoms with E-state index >= 15 is 0 Å². The van der Waals surface area contributed by atoms with E-state index in [1.165, 1.54) is 0 Å². The highest BCUT2D eigenvalue weighted by Gasteiger charge is 2.13. The van der Waals surface area contributed by atoms with E-state index in [1.807, 2.05) is 36.4 Å². The van der Waals surface area contributed by atoms with Crippen LogP contribution in [-0.2, 0) is 22.4 Å². The molecule has 1 heterocycles. The summed E-state index contributed by atoms with van der Waals surface area (Å²) in [5, 5.41) is 0. The molecule has 0 N–H and O–H groups in total. The van der Waals surface area contributed by atoms with Gasteiger partial charge in [-0.1, -0.05) is 12.1 Å². The fourth-order valence-corrected chi connectivity index (χ4v) is 2.91. The number of hydrogen-bond donors (Lipinski definition) is 0. The molecule has 144 valence electrons. The second-order valence-electron chi connectivity index (χ2n) is 6.20. The Labute approximate surface area is 158 Å². The van der Waals surface area contributed by atoms with Gasteiger partial charge in [-0.3, -0.25) is 4.79 Å². The Hall–Kier alpha value is -2.89. The number of fused-ring (bicyclic) bond motifs is 1. The van der Waals surface area contributed by atoms with E-state index < -0.39 is 0 Å². The van der Waals surface area contributed by atoms with Crippen molar-refractivity contribution in [2.24, 2.45) is 0 Å². The molecule has 3 rings (SSSR count). The van der Waals surface area contributed by atoms with Gasteiger partial charge in [-0.05, 0) is 54.7 Å². The first-order valence-electron chi connectivity index (χ1n) is 8.94. The molecule has 0 bridgehead atoms. The number of esters is 1. The van der Waals surface area contributed by atoms with Crippen LogP contribution < -0.4 is 18.9 Å². The predicted molar refractivity (Wildman–Crippen MR) is 99.7 cm³/mol. The number of carbonyl (C=O) groups is 1. The summed E-state index contributed by atoms with van der Waals surface area (Å²) in [4.78, 5) is 11.9. The van der Waals surface area contributed by atoms with Crippen LogP contribution in [0.2, 0.25) is 0 Å². The van der Waals surface area contributed by atoms with Crippen molar-refractivity contribution in [3.05, 3.63) is 47.5 Å². The first-order chi connectivity index (χ1) is 13.2. The second-order valence-corrected chi connectivity index (χ2v) is 6.20. The number of methoxy groups -OCH3 is 2. The third-order valence-corrected chi connectivity index (χ3v) is 4.38. The second kappa shape index (κ2) is 9.16. The number of ether oxygens (including phenoxy) is 5. The minimum Gasteiger partial charge on any atom is -0.493 e. The van der Waals surface area contributed by atoms with Gasteiger partial charge in [0.25, 0.3) is 0 Å². The predicted octanol–water partition coefficient (Wildman–Crippen LogP) is 3.54. The van der Waals surface area contributed by atoms with Crippen molar-refractivity contribution < 1.29 is 28.5 Å². The van der Waals surface area contributed by atoms with E-state index in [4.69, 9.17) is 23.7 Å². The van der Waals surface area contributed by atoms with E-state index in [9.17, 15) is 4.79 Å². The van der Waals surface area contributed by atoms with Crippen molar-refractivity contribution >= 4 is 5.97 Å². The fraction of sp³-hybridized carbons (Fsp3) is 0.381. The number of aryl methyl sites for hydroxylation is 2. The van der Waals surface area contributed by atoms with Crippen molar-refractivity contribution in [2.45, 2.75) is 25.7 Å². The zero-order chi connectivity index (χ0) is 19.1. The van der Waals surface area contributed by atoms with E-state index in [-0.39, 0.29) is 12.8 Å². The average Bonchev–Trinajstić information content (AvgIpc) is 3.17. The quantitative estimate of drug-likeness (QED) is 0.496. The summed E-state index contributed by atoms with van der Waals surface area (Å²) in [6.45, 7) is 0.676. The number of rotatable bonds is 9. The standard InChI is InChI=1S/C21H24O6/c1-23-17-8-5-16(12-19(17)24-2)7-10-21(22)25-11-3-4-15-6-9-18-20(13-15)27-14-26-18/h5-6,8-9,12-13H,3-4,7,10-11,14H2,1-2H3. The third kappa shape index (κ3) is 5.06. The van der Waals surface area contributed by atoms with Gasteiger partial charge < -0.3 is 23.7 Å². The molecule has 6 heteroatoms. The highest BCUT2D eigenvalue weighted by Crippen LogP contribution is 2.32. The van der Waals surface area contributed by atoms with Crippen molar-refractivity contribution in [1.82, 2.24) is 0 Å². The molecule has 1 aliphatic rings. The molecule has 2 aromatic carbocycles. The molecule has 0 amide bonds. The largest absolute Gasteiger partial charge is 0.493 e. The molecule has 6 nitrogen and oxygen atoms in total. The molecule has 0 unspecified atom stereocenters. The highest BCUT2D eigenvalue weighted by atomic mass is 16.7. The third-order valence-electron chi connectivity index (χ3n) is 4.38. The molecule has 0 fully saturated rings. The Morgan fingerprint density at radius 3 is 2.48 bits per heavy atom. The Kier molecular flexibility index (Phi) is 6.41. The molecule has 1 aliphatic heterocycles. The summed E-state index contributed by atoms with van der Waals surface area (Å²) >= 11 is 0. The van der Waals surface area contributed by atoms with Crippen LogP contribution >= 0.6 is 0 Å². The fourth-order valence-electron chi connectivity index (χ4n) is 2.91. The van der Waals surface area contributed by atoms with Crippen LogP contribution in [0.4, 0.5) is 0 Å². The molecule has 0 radical (unpaired) electrons. The smallest absolute Gasteiger partial charge is 0.306 e. The first kappa shape index (κ1) is 18.9. The van der Waals surface area contributed by atoms with Crippen molar-refractivity contribution in [3.8, 4) is 23.0 Å². The van der Waals surface area contributed by atoms with Gasteiger partial charge in [-0.25, -0.2) is 0 Å². The van der Waals surface area contributed by atoms with Crippen LogP contribution in [0.15, 0.2) is 36.4 Å². The van der Waals surface area contributed by atoms with Gasteiger partial charge in [0.15, 0.2) is 23.0 Å². The lowest BCUT2D eigenvalue weighted by molar-refractivity contribution is -0.143. The summed E-state index contributed by atoms with van der Waals surface area (Å²) in [6, 6.07) is 11.5. The Bertz CT molecular complexity index is 786. The molecule has 0 aliphatic carbocycles. The van der Waals surface area contributed by atoms with E-state index in [1.54, 1.807) is 14.2 Å². The summed E-state index contributed by atoms with van der Waals surface area (Å²) in [7, 11) is 3.19. The zero-order valence-electron chi connectivity index (χ0n) is 15.7. The van der Waals surface area contributed by atoms with Gasteiger partial charge >= 0.3 is 5.97 Å². The topological polar surface area (TPSA) is 63.2 Å². The SMILES string of the molecule is COc1ccc(CCC(=O)OCCCc2ccc3c(c2)OCO3)cc1OC. The molecule has 2 aromatic rings. The van der Waals surface area contributed by atoms with Gasteiger partial charge in [0.2, 0.25) is 6.79 Å². The van der Waals surface area contributed by atoms with Crippen LogP contribution in [-0.4, -0.2) is 33.6 Å². The molecule has 0 atom stereocenters. The van der Waals surface area contributed by atoms with E-state index in [0.29, 0.717) is 30.9 Å². The van der Waals surface area contributed by atoms with Crippen molar-refractivity contribution in [3.63, 3.8) is 0 Å². The van der Waals surface area contributed by atoms with Crippen LogP contribution in [0, 0.1) is 0 Å². The average molecular weight is 372 g/mol. The number of benzene rings is 2. The Balaban J connectivity index is 1.37. The van der Waals surface area contributed by atoms with Crippen molar-refractivity contribution in [1.29, 1.82) is 0 Å². The van der Waals surface area contributed by atoms with Gasteiger partial charge in [0.1, 0.15) is 0 Å². The summed E-state index contributed by atoms with van der Waals surface area (Å²) in [5.74, 6) is 2.69. The van der Waals surface area contributed by atoms with Crippen LogP contribution in [0.5, 0.6) is 23.0 Å². The minimum absolute atomic E-state index is 0.199. The zero-order valence-corrected chi connectivity index (χ0v) is 15.7. The molecule has 0 aromatic heterocycles. The van der Waals surface area contributed by atoms with Gasteiger partial charge in [0.05, 0.1) is 20.8 Å². The molecular weight excluding hydrogens is 348 g/mol. The van der Waals surface area contributed by atoms with E-state index in [2.05, 4.69) is 0 Å². The lowest BCUT2D eigenvalue weighted by Gasteiger charge is -2.09. The number of hydrogen-bond acceptors (Lipinski definition) is 6. The highest BCUT2D eigenvalue weighted by molar-refractivity contribution is 5.69. The summed E-state index contributed by atoms with van der Waals surface area (Å²) in [6.07, 6.45) is 2.52. The number of carbonyl (C=O) groups excluding carboxylic acids is 1. The molecule has 0 saturated carbocycles. The first-order valence-corrected chi connectivity index (χ1v) is 8.94. The summed E-state index contributed by atoms with van der Waals surface area (Å²) in [5.41, 5.74) is 2.14. The maximum absolute atomic E-state index is 11.9. The molecular formula is C21H24O6. The molecule has 0 saturated heterocycles. The molecule has 0 spiro atoms. The van der Waals surface area contributed by atoms with Gasteiger partial charge in [0, 0.05) is 6.42 Å². The van der Waals surface area contributed by atoms with Crippen LogP contribution in [0.1, 0.15) is 24.0 Å². The van der Waals surface area contributed by atoms with Gasteiger partial charge in [-0.15, -0.1) is 0 Å². The lowest BCUT2D eigenvalue weighted by Crippen LogP contribution is -2.08. The summed E-state index contributed by atoms with van der Waals surface area (Å²) < 4.78 is 26.5. The van der Waals surface area contributed by atoms with Gasteiger partial charge in [-0.2, -0.15) is 0 Å².